The zero-order chi connectivity index (χ0) is 23.5. The third-order valence-corrected chi connectivity index (χ3v) is 11.8. The Kier molecular flexibility index (Phi) is 7.03. The fourth-order valence-corrected chi connectivity index (χ4v) is 9.72. The van der Waals surface area contributed by atoms with Crippen molar-refractivity contribution in [3.8, 4) is 0 Å². The third-order valence-electron chi connectivity index (χ3n) is 6.22. The maximum atomic E-state index is 12.2. The van der Waals surface area contributed by atoms with Crippen LogP contribution in [0.25, 0.3) is 10.9 Å². The Bertz CT molecular complexity index is 1240. The SMILES string of the molecule is CC(C)(C)[Si](OCCCc1cc(=O)[nH]c2ccc(Br)cc12)(c1ccccc1)c1ccccc1. The number of halogens is 1. The van der Waals surface area contributed by atoms with Gasteiger partial charge in [-0.25, -0.2) is 0 Å². The Morgan fingerprint density at radius 2 is 1.48 bits per heavy atom. The van der Waals surface area contributed by atoms with Crippen LogP contribution in [0.15, 0.2) is 94.2 Å². The minimum atomic E-state index is -2.54. The van der Waals surface area contributed by atoms with Crippen LogP contribution in [0.5, 0.6) is 0 Å². The molecule has 4 rings (SSSR count). The lowest BCUT2D eigenvalue weighted by Crippen LogP contribution is -2.66. The van der Waals surface area contributed by atoms with Crippen molar-refractivity contribution in [2.45, 2.75) is 38.7 Å². The van der Waals surface area contributed by atoms with Crippen LogP contribution in [-0.2, 0) is 10.8 Å². The standard InChI is InChI=1S/C28H30BrNO2Si/c1-28(2,3)33(23-12-6-4-7-13-23,24-14-8-5-9-15-24)32-18-10-11-21-19-27(31)30-26-17-16-22(29)20-25(21)26/h4-9,12-17,19-20H,10-11,18H2,1-3H3,(H,30,31). The molecule has 170 valence electrons. The number of hydrogen-bond donors (Lipinski definition) is 1. The van der Waals surface area contributed by atoms with E-state index in [0.29, 0.717) is 6.61 Å². The quantitative estimate of drug-likeness (QED) is 0.247. The highest BCUT2D eigenvalue weighted by Crippen LogP contribution is 2.36. The fourth-order valence-electron chi connectivity index (χ4n) is 4.75. The van der Waals surface area contributed by atoms with E-state index in [0.717, 1.165) is 33.8 Å². The molecular weight excluding hydrogens is 490 g/mol. The molecule has 3 aromatic carbocycles. The van der Waals surface area contributed by atoms with E-state index in [1.165, 1.54) is 10.4 Å². The molecule has 33 heavy (non-hydrogen) atoms. The summed E-state index contributed by atoms with van der Waals surface area (Å²) in [4.78, 5) is 15.1. The van der Waals surface area contributed by atoms with Crippen LogP contribution in [0.1, 0.15) is 32.8 Å². The zero-order valence-corrected chi connectivity index (χ0v) is 22.0. The molecule has 0 saturated heterocycles. The van der Waals surface area contributed by atoms with E-state index < -0.39 is 8.32 Å². The Morgan fingerprint density at radius 3 is 2.06 bits per heavy atom. The summed E-state index contributed by atoms with van der Waals surface area (Å²) in [7, 11) is -2.54. The van der Waals surface area contributed by atoms with E-state index in [4.69, 9.17) is 4.43 Å². The molecular formula is C28H30BrNO2Si. The Balaban J connectivity index is 1.64. The maximum Gasteiger partial charge on any atom is 0.261 e. The number of aryl methyl sites for hydroxylation is 1. The molecule has 3 nitrogen and oxygen atoms in total. The smallest absolute Gasteiger partial charge is 0.261 e. The van der Waals surface area contributed by atoms with E-state index in [2.05, 4.69) is 108 Å². The molecule has 0 saturated carbocycles. The number of H-pyrrole nitrogens is 1. The van der Waals surface area contributed by atoms with Crippen molar-refractivity contribution in [1.29, 1.82) is 0 Å². The van der Waals surface area contributed by atoms with Crippen molar-refractivity contribution in [1.82, 2.24) is 4.98 Å². The summed E-state index contributed by atoms with van der Waals surface area (Å²) < 4.78 is 8.00. The second kappa shape index (κ2) is 9.80. The van der Waals surface area contributed by atoms with Crippen LogP contribution in [0, 0.1) is 0 Å². The van der Waals surface area contributed by atoms with Crippen molar-refractivity contribution < 1.29 is 4.43 Å². The second-order valence-electron chi connectivity index (χ2n) is 9.46. The molecule has 0 radical (unpaired) electrons. The summed E-state index contributed by atoms with van der Waals surface area (Å²) in [5.41, 5.74) is 1.86. The number of hydrogen-bond acceptors (Lipinski definition) is 2. The lowest BCUT2D eigenvalue weighted by molar-refractivity contribution is 0.292. The van der Waals surface area contributed by atoms with Gasteiger partial charge in [0.15, 0.2) is 0 Å². The van der Waals surface area contributed by atoms with Gasteiger partial charge in [0.05, 0.1) is 0 Å². The van der Waals surface area contributed by atoms with Gasteiger partial charge in [0, 0.05) is 28.0 Å². The molecule has 5 heteroatoms. The molecule has 0 atom stereocenters. The summed E-state index contributed by atoms with van der Waals surface area (Å²) in [5, 5.41) is 3.61. The zero-order valence-electron chi connectivity index (χ0n) is 19.4. The molecule has 0 bridgehead atoms. The van der Waals surface area contributed by atoms with Crippen molar-refractivity contribution in [2.24, 2.45) is 0 Å². The first-order valence-electron chi connectivity index (χ1n) is 11.4. The first-order chi connectivity index (χ1) is 15.8. The van der Waals surface area contributed by atoms with Crippen LogP contribution in [0.4, 0.5) is 0 Å². The molecule has 4 aromatic rings. The van der Waals surface area contributed by atoms with Gasteiger partial charge in [-0.05, 0) is 52.0 Å². The van der Waals surface area contributed by atoms with Gasteiger partial charge in [0.2, 0.25) is 5.56 Å². The number of aromatic amines is 1. The summed E-state index contributed by atoms with van der Waals surface area (Å²) in [5.74, 6) is 0. The topological polar surface area (TPSA) is 42.1 Å². The first kappa shape index (κ1) is 23.7. The van der Waals surface area contributed by atoms with Gasteiger partial charge in [-0.15, -0.1) is 0 Å². The minimum absolute atomic E-state index is 0.0445. The van der Waals surface area contributed by atoms with Crippen LogP contribution < -0.4 is 15.9 Å². The molecule has 0 aliphatic heterocycles. The summed E-state index contributed by atoms with van der Waals surface area (Å²) in [6, 6.07) is 29.1. The molecule has 0 unspecified atom stereocenters. The number of fused-ring (bicyclic) bond motifs is 1. The van der Waals surface area contributed by atoms with Gasteiger partial charge >= 0.3 is 0 Å². The molecule has 0 aliphatic rings. The third kappa shape index (κ3) is 4.91. The van der Waals surface area contributed by atoms with Gasteiger partial charge in [0.25, 0.3) is 8.32 Å². The van der Waals surface area contributed by atoms with Gasteiger partial charge < -0.3 is 9.41 Å². The van der Waals surface area contributed by atoms with E-state index >= 15 is 0 Å². The predicted molar refractivity (Wildman–Crippen MR) is 144 cm³/mol. The predicted octanol–water partition coefficient (Wildman–Crippen LogP) is 5.80. The lowest BCUT2D eigenvalue weighted by atomic mass is 10.1. The number of nitrogens with one attached hydrogen (secondary N) is 1. The van der Waals surface area contributed by atoms with Crippen molar-refractivity contribution >= 4 is 45.5 Å². The molecule has 1 N–H and O–H groups in total. The highest BCUT2D eigenvalue weighted by Gasteiger charge is 2.49. The Labute approximate surface area is 205 Å². The number of pyridine rings is 1. The summed E-state index contributed by atoms with van der Waals surface area (Å²) >= 11 is 3.56. The Morgan fingerprint density at radius 1 is 0.879 bits per heavy atom. The van der Waals surface area contributed by atoms with Crippen LogP contribution >= 0.6 is 15.9 Å². The van der Waals surface area contributed by atoms with E-state index in [1.54, 1.807) is 6.07 Å². The molecule has 1 aromatic heterocycles. The monoisotopic (exact) mass is 519 g/mol. The van der Waals surface area contributed by atoms with Crippen LogP contribution in [0.2, 0.25) is 5.04 Å². The normalized spacial score (nSPS) is 12.2. The van der Waals surface area contributed by atoms with Gasteiger partial charge in [-0.2, -0.15) is 0 Å². The van der Waals surface area contributed by atoms with Crippen molar-refractivity contribution in [2.75, 3.05) is 6.61 Å². The minimum Gasteiger partial charge on any atom is -0.407 e. The number of benzene rings is 3. The van der Waals surface area contributed by atoms with Gasteiger partial charge in [-0.3, -0.25) is 4.79 Å². The van der Waals surface area contributed by atoms with Crippen LogP contribution in [-0.4, -0.2) is 19.9 Å². The van der Waals surface area contributed by atoms with Gasteiger partial charge in [0.1, 0.15) is 0 Å². The maximum absolute atomic E-state index is 12.2. The van der Waals surface area contributed by atoms with Crippen molar-refractivity contribution in [3.05, 3.63) is 105 Å². The highest BCUT2D eigenvalue weighted by atomic mass is 79.9. The Hall–Kier alpha value is -2.47. The molecule has 1 heterocycles. The van der Waals surface area contributed by atoms with Crippen molar-refractivity contribution in [3.63, 3.8) is 0 Å². The lowest BCUT2D eigenvalue weighted by Gasteiger charge is -2.43. The number of aromatic nitrogens is 1. The largest absolute Gasteiger partial charge is 0.407 e. The van der Waals surface area contributed by atoms with E-state index in [-0.39, 0.29) is 10.6 Å². The average Bonchev–Trinajstić information content (AvgIpc) is 2.80. The van der Waals surface area contributed by atoms with E-state index in [1.807, 2.05) is 12.1 Å². The summed E-state index contributed by atoms with van der Waals surface area (Å²) in [6.45, 7) is 7.51. The van der Waals surface area contributed by atoms with E-state index in [9.17, 15) is 4.79 Å². The molecule has 0 fully saturated rings. The average molecular weight is 521 g/mol. The molecule has 0 spiro atoms. The summed E-state index contributed by atoms with van der Waals surface area (Å²) in [6.07, 6.45) is 1.63. The van der Waals surface area contributed by atoms with Gasteiger partial charge in [-0.1, -0.05) is 97.4 Å². The number of rotatable bonds is 7. The first-order valence-corrected chi connectivity index (χ1v) is 14.1. The molecule has 0 aliphatic carbocycles. The fraction of sp³-hybridized carbons (Fsp3) is 0.250. The second-order valence-corrected chi connectivity index (χ2v) is 14.7. The molecule has 0 amide bonds. The van der Waals surface area contributed by atoms with Crippen LogP contribution in [0.3, 0.4) is 0 Å². The highest BCUT2D eigenvalue weighted by molar-refractivity contribution is 9.10.